The van der Waals surface area contributed by atoms with E-state index in [0.717, 1.165) is 29.4 Å². The molecule has 1 aliphatic heterocycles. The van der Waals surface area contributed by atoms with E-state index >= 15 is 0 Å². The molecule has 0 aliphatic carbocycles. The van der Waals surface area contributed by atoms with Crippen molar-refractivity contribution in [3.63, 3.8) is 0 Å². The summed E-state index contributed by atoms with van der Waals surface area (Å²) in [5.74, 6) is -0.683. The first kappa shape index (κ1) is 28.7. The van der Waals surface area contributed by atoms with Gasteiger partial charge in [0.2, 0.25) is 0 Å². The molecular formula is C28H34N3O5Se. The summed E-state index contributed by atoms with van der Waals surface area (Å²) in [6.45, 7) is 4.01. The van der Waals surface area contributed by atoms with Gasteiger partial charge in [0.1, 0.15) is 11.6 Å². The molecule has 1 radical (unpaired) electrons. The Hall–Kier alpha value is -2.89. The van der Waals surface area contributed by atoms with Crippen molar-refractivity contribution in [1.29, 1.82) is 5.26 Å². The number of fused-ring (bicyclic) bond motifs is 1. The minimum absolute atomic E-state index is 0.0446. The minimum atomic E-state index is -0.436. The van der Waals surface area contributed by atoms with Gasteiger partial charge in [0, 0.05) is 18.8 Å². The van der Waals surface area contributed by atoms with Crippen molar-refractivity contribution < 1.29 is 23.8 Å². The summed E-state index contributed by atoms with van der Waals surface area (Å²) in [6, 6.07) is 14.4. The second-order valence-corrected chi connectivity index (χ2v) is 9.52. The van der Waals surface area contributed by atoms with Crippen LogP contribution in [0.3, 0.4) is 0 Å². The van der Waals surface area contributed by atoms with Gasteiger partial charge in [-0.05, 0) is 59.9 Å². The molecule has 1 fully saturated rings. The van der Waals surface area contributed by atoms with Gasteiger partial charge in [0.05, 0.1) is 0 Å². The van der Waals surface area contributed by atoms with Crippen molar-refractivity contribution >= 4 is 50.4 Å². The molecule has 0 spiro atoms. The Bertz CT molecular complexity index is 1110. The molecule has 0 bridgehead atoms. The molecule has 2 aromatic rings. The number of benzene rings is 2. The van der Waals surface area contributed by atoms with Crippen molar-refractivity contribution in [2.75, 3.05) is 57.6 Å². The van der Waals surface area contributed by atoms with Crippen LogP contribution in [0.4, 0.5) is 5.69 Å². The Morgan fingerprint density at radius 2 is 1.68 bits per heavy atom. The maximum atomic E-state index is 12.4. The Balaban J connectivity index is 1.39. The van der Waals surface area contributed by atoms with Crippen LogP contribution in [0.2, 0.25) is 5.32 Å². The molecule has 197 valence electrons. The fourth-order valence-electron chi connectivity index (χ4n) is 4.03. The summed E-state index contributed by atoms with van der Waals surface area (Å²) in [4.78, 5) is 26.1. The van der Waals surface area contributed by atoms with Gasteiger partial charge in [-0.25, -0.2) is 0 Å². The van der Waals surface area contributed by atoms with Crippen molar-refractivity contribution in [1.82, 2.24) is 5.32 Å². The molecular weight excluding hydrogens is 537 g/mol. The third-order valence-electron chi connectivity index (χ3n) is 5.95. The van der Waals surface area contributed by atoms with Crippen LogP contribution in [0.15, 0.2) is 42.0 Å². The zero-order valence-corrected chi connectivity index (χ0v) is 22.8. The van der Waals surface area contributed by atoms with E-state index in [4.69, 9.17) is 14.2 Å². The summed E-state index contributed by atoms with van der Waals surface area (Å²) in [5.41, 5.74) is 2.09. The fourth-order valence-corrected chi connectivity index (χ4v) is 4.38. The van der Waals surface area contributed by atoms with E-state index in [0.29, 0.717) is 38.2 Å². The van der Waals surface area contributed by atoms with Gasteiger partial charge in [-0.2, -0.15) is 5.26 Å². The third kappa shape index (κ3) is 9.82. The van der Waals surface area contributed by atoms with Crippen LogP contribution in [0.5, 0.6) is 0 Å². The van der Waals surface area contributed by atoms with E-state index in [2.05, 4.69) is 44.4 Å². The summed E-state index contributed by atoms with van der Waals surface area (Å²) in [6.07, 6.45) is 5.74. The Kier molecular flexibility index (Phi) is 12.4. The monoisotopic (exact) mass is 572 g/mol. The zero-order chi connectivity index (χ0) is 26.3. The molecule has 0 unspecified atom stereocenters. The van der Waals surface area contributed by atoms with Gasteiger partial charge in [-0.1, -0.05) is 18.2 Å². The van der Waals surface area contributed by atoms with E-state index in [1.807, 2.05) is 24.3 Å². The molecule has 1 aliphatic rings. The molecule has 0 aromatic heterocycles. The predicted molar refractivity (Wildman–Crippen MR) is 144 cm³/mol. The summed E-state index contributed by atoms with van der Waals surface area (Å²) >= 11 is 2.76. The molecule has 1 heterocycles. The number of anilines is 1. The van der Waals surface area contributed by atoms with Crippen molar-refractivity contribution in [3.8, 4) is 6.07 Å². The second-order valence-electron chi connectivity index (χ2n) is 8.66. The third-order valence-corrected chi connectivity index (χ3v) is 6.37. The quantitative estimate of drug-likeness (QED) is 0.122. The van der Waals surface area contributed by atoms with Gasteiger partial charge < -0.3 is 10.2 Å². The first-order valence-electron chi connectivity index (χ1n) is 12.7. The molecule has 1 saturated heterocycles. The number of ether oxygens (including phenoxy) is 3. The van der Waals surface area contributed by atoms with Gasteiger partial charge in [0.25, 0.3) is 5.91 Å². The predicted octanol–water partition coefficient (Wildman–Crippen LogP) is 3.41. The number of rotatable bonds is 14. The number of piperidine rings is 1. The standard InChI is InChI=1S/C28H34N3O5Se/c29-21-25(28(33)30-9-12-34-13-14-35-15-16-36-27(32)8-17-37)19-22-4-5-24-20-26(7-6-23(24)18-22)31-10-2-1-3-11-31/h4-7,18-20H,1-3,8-17H2,(H,30,33)/b25-19+. The van der Waals surface area contributed by atoms with Crippen LogP contribution in [-0.2, 0) is 23.8 Å². The summed E-state index contributed by atoms with van der Waals surface area (Å²) in [7, 11) is 0. The average molecular weight is 572 g/mol. The van der Waals surface area contributed by atoms with Crippen LogP contribution in [0, 0.1) is 11.3 Å². The Labute approximate surface area is 226 Å². The number of nitrogens with one attached hydrogen (secondary N) is 1. The van der Waals surface area contributed by atoms with Crippen LogP contribution in [0.1, 0.15) is 31.2 Å². The van der Waals surface area contributed by atoms with E-state index in [1.54, 1.807) is 6.08 Å². The van der Waals surface area contributed by atoms with Crippen molar-refractivity contribution in [2.24, 2.45) is 0 Å². The number of nitriles is 1. The van der Waals surface area contributed by atoms with Crippen LogP contribution in [0.25, 0.3) is 16.8 Å². The first-order chi connectivity index (χ1) is 18.1. The Morgan fingerprint density at radius 1 is 0.973 bits per heavy atom. The Morgan fingerprint density at radius 3 is 2.43 bits per heavy atom. The molecule has 0 saturated carbocycles. The zero-order valence-electron chi connectivity index (χ0n) is 21.1. The van der Waals surface area contributed by atoms with Crippen molar-refractivity contribution in [2.45, 2.75) is 31.0 Å². The summed E-state index contributed by atoms with van der Waals surface area (Å²) < 4.78 is 15.7. The topological polar surface area (TPSA) is 101 Å². The number of hydrogen-bond acceptors (Lipinski definition) is 7. The SMILES string of the molecule is N#C/C(=C\c1ccc2cc(N3CCCCC3)ccc2c1)C(=O)NCCOCCOCCOC(=O)CC[Se]. The average Bonchev–Trinajstić information content (AvgIpc) is 2.92. The van der Waals surface area contributed by atoms with E-state index < -0.39 is 5.91 Å². The normalized spacial score (nSPS) is 13.8. The number of amides is 1. The van der Waals surface area contributed by atoms with Crippen LogP contribution < -0.4 is 10.2 Å². The van der Waals surface area contributed by atoms with E-state index in [9.17, 15) is 14.9 Å². The molecule has 3 rings (SSSR count). The second kappa shape index (κ2) is 16.1. The summed E-state index contributed by atoms with van der Waals surface area (Å²) in [5, 5.41) is 15.1. The van der Waals surface area contributed by atoms with Gasteiger partial charge in [-0.15, -0.1) is 0 Å². The molecule has 37 heavy (non-hydrogen) atoms. The first-order valence-corrected chi connectivity index (χ1v) is 13.9. The fraction of sp³-hybridized carbons (Fsp3) is 0.464. The number of hydrogen-bond donors (Lipinski definition) is 1. The molecule has 8 nitrogen and oxygen atoms in total. The van der Waals surface area contributed by atoms with Gasteiger partial charge in [0.15, 0.2) is 0 Å². The molecule has 2 aromatic carbocycles. The van der Waals surface area contributed by atoms with Gasteiger partial charge in [-0.3, -0.25) is 4.79 Å². The van der Waals surface area contributed by atoms with Crippen LogP contribution in [-0.4, -0.2) is 80.6 Å². The maximum absolute atomic E-state index is 12.4. The number of esters is 1. The van der Waals surface area contributed by atoms with Crippen LogP contribution >= 0.6 is 0 Å². The molecule has 1 amide bonds. The molecule has 1 N–H and O–H groups in total. The van der Waals surface area contributed by atoms with E-state index in [-0.39, 0.29) is 24.7 Å². The molecule has 9 heteroatoms. The number of carbonyl (C=O) groups is 2. The van der Waals surface area contributed by atoms with Gasteiger partial charge >= 0.3 is 92.3 Å². The number of carbonyl (C=O) groups excluding carboxylic acids is 2. The van der Waals surface area contributed by atoms with Crippen molar-refractivity contribution in [3.05, 3.63) is 47.5 Å². The number of nitrogens with zero attached hydrogens (tertiary/aromatic N) is 2. The molecule has 0 atom stereocenters. The van der Waals surface area contributed by atoms with E-state index in [1.165, 1.54) is 24.9 Å².